The highest BCUT2D eigenvalue weighted by molar-refractivity contribution is 7.92. The molecule has 0 atom stereocenters. The number of sulfonamides is 1. The molecule has 0 saturated carbocycles. The number of anilines is 2. The molecule has 8 nitrogen and oxygen atoms in total. The number of nitrogens with one attached hydrogen (secondary N) is 2. The number of carbonyl (C=O) groups excluding carboxylic acids is 2. The zero-order chi connectivity index (χ0) is 26.3. The molecule has 0 spiro atoms. The molecule has 2 N–H and O–H groups in total. The number of para-hydroxylation sites is 1. The Morgan fingerprint density at radius 1 is 0.944 bits per heavy atom. The largest absolute Gasteiger partial charge is 0.494 e. The summed E-state index contributed by atoms with van der Waals surface area (Å²) in [7, 11) is -4.09. The van der Waals surface area contributed by atoms with Crippen LogP contribution in [0.25, 0.3) is 0 Å². The monoisotopic (exact) mass is 509 g/mol. The van der Waals surface area contributed by atoms with Crippen molar-refractivity contribution in [2.45, 2.75) is 38.6 Å². The molecule has 2 amide bonds. The van der Waals surface area contributed by atoms with E-state index in [1.165, 1.54) is 12.1 Å². The van der Waals surface area contributed by atoms with Crippen LogP contribution in [0.2, 0.25) is 0 Å². The van der Waals surface area contributed by atoms with E-state index in [1.54, 1.807) is 60.7 Å². The molecule has 9 heteroatoms. The molecule has 0 bridgehead atoms. The van der Waals surface area contributed by atoms with Crippen LogP contribution >= 0.6 is 0 Å². The normalized spacial score (nSPS) is 11.1. The molecule has 0 unspecified atom stereocenters. The topological polar surface area (TPSA) is 105 Å². The van der Waals surface area contributed by atoms with Gasteiger partial charge >= 0.3 is 0 Å². The van der Waals surface area contributed by atoms with Crippen LogP contribution in [-0.4, -0.2) is 39.4 Å². The summed E-state index contributed by atoms with van der Waals surface area (Å²) < 4.78 is 33.7. The zero-order valence-corrected chi connectivity index (χ0v) is 21.6. The molecule has 0 radical (unpaired) electrons. The van der Waals surface area contributed by atoms with Gasteiger partial charge in [0.15, 0.2) is 0 Å². The predicted octanol–water partition coefficient (Wildman–Crippen LogP) is 4.37. The number of hydrogen-bond acceptors (Lipinski definition) is 5. The second-order valence-electron chi connectivity index (χ2n) is 8.47. The lowest BCUT2D eigenvalue weighted by molar-refractivity contribution is -0.114. The fourth-order valence-corrected chi connectivity index (χ4v) is 4.90. The second-order valence-corrected chi connectivity index (χ2v) is 10.3. The van der Waals surface area contributed by atoms with Gasteiger partial charge in [0.2, 0.25) is 5.91 Å². The van der Waals surface area contributed by atoms with Gasteiger partial charge in [0, 0.05) is 6.04 Å². The summed E-state index contributed by atoms with van der Waals surface area (Å²) in [5.41, 5.74) is 1.88. The summed E-state index contributed by atoms with van der Waals surface area (Å²) in [5, 5.41) is 5.50. The van der Waals surface area contributed by atoms with Gasteiger partial charge in [-0.05, 0) is 76.2 Å². The van der Waals surface area contributed by atoms with Crippen molar-refractivity contribution in [1.29, 1.82) is 0 Å². The van der Waals surface area contributed by atoms with Crippen molar-refractivity contribution >= 4 is 33.2 Å². The Morgan fingerprint density at radius 3 is 2.19 bits per heavy atom. The Bertz CT molecular complexity index is 1300. The van der Waals surface area contributed by atoms with Gasteiger partial charge in [-0.1, -0.05) is 29.8 Å². The van der Waals surface area contributed by atoms with Crippen molar-refractivity contribution in [2.24, 2.45) is 0 Å². The Kier molecular flexibility index (Phi) is 8.71. The van der Waals surface area contributed by atoms with E-state index in [-0.39, 0.29) is 22.4 Å². The third-order valence-corrected chi connectivity index (χ3v) is 6.99. The second kappa shape index (κ2) is 11.7. The van der Waals surface area contributed by atoms with Gasteiger partial charge in [0.25, 0.3) is 15.9 Å². The average Bonchev–Trinajstić information content (AvgIpc) is 2.83. The molecule has 36 heavy (non-hydrogen) atoms. The first-order chi connectivity index (χ1) is 17.1. The molecule has 3 aromatic rings. The molecular formula is C27H31N3O5S. The van der Waals surface area contributed by atoms with Crippen molar-refractivity contribution in [3.63, 3.8) is 0 Å². The maximum absolute atomic E-state index is 13.6. The predicted molar refractivity (Wildman–Crippen MR) is 141 cm³/mol. The molecule has 3 rings (SSSR count). The molecule has 0 aliphatic carbocycles. The summed E-state index contributed by atoms with van der Waals surface area (Å²) in [6.45, 7) is 7.37. The summed E-state index contributed by atoms with van der Waals surface area (Å²) in [4.78, 5) is 25.7. The van der Waals surface area contributed by atoms with Crippen LogP contribution in [0.1, 0.15) is 36.7 Å². The van der Waals surface area contributed by atoms with E-state index in [0.29, 0.717) is 23.7 Å². The van der Waals surface area contributed by atoms with Crippen molar-refractivity contribution < 1.29 is 22.7 Å². The smallest absolute Gasteiger partial charge is 0.264 e. The van der Waals surface area contributed by atoms with Crippen LogP contribution in [-0.2, 0) is 14.8 Å². The molecule has 0 saturated heterocycles. The number of amides is 2. The average molecular weight is 510 g/mol. The van der Waals surface area contributed by atoms with Crippen LogP contribution in [0.4, 0.5) is 11.4 Å². The van der Waals surface area contributed by atoms with Gasteiger partial charge in [-0.25, -0.2) is 8.42 Å². The van der Waals surface area contributed by atoms with E-state index < -0.39 is 22.5 Å². The lowest BCUT2D eigenvalue weighted by atomic mass is 10.1. The van der Waals surface area contributed by atoms with E-state index >= 15 is 0 Å². The first kappa shape index (κ1) is 26.7. The molecule has 190 valence electrons. The van der Waals surface area contributed by atoms with Gasteiger partial charge in [0.1, 0.15) is 12.3 Å². The molecule has 0 heterocycles. The highest BCUT2D eigenvalue weighted by Crippen LogP contribution is 2.26. The molecule has 0 fully saturated rings. The third-order valence-electron chi connectivity index (χ3n) is 5.20. The molecule has 0 aliphatic heterocycles. The van der Waals surface area contributed by atoms with Gasteiger partial charge in [-0.15, -0.1) is 0 Å². The first-order valence-electron chi connectivity index (χ1n) is 11.6. The van der Waals surface area contributed by atoms with Crippen LogP contribution < -0.4 is 19.7 Å². The molecule has 3 aromatic carbocycles. The third kappa shape index (κ3) is 6.63. The fourth-order valence-electron chi connectivity index (χ4n) is 3.48. The van der Waals surface area contributed by atoms with Crippen LogP contribution in [0.15, 0.2) is 77.7 Å². The molecule has 0 aromatic heterocycles. The number of hydrogen-bond donors (Lipinski definition) is 2. The van der Waals surface area contributed by atoms with Gasteiger partial charge in [-0.3, -0.25) is 13.9 Å². The quantitative estimate of drug-likeness (QED) is 0.422. The Morgan fingerprint density at radius 2 is 1.58 bits per heavy atom. The molecule has 0 aliphatic rings. The standard InChI is InChI=1S/C27H31N3O5S/c1-5-35-22-14-16-23(17-15-22)36(33,34)30(21-12-10-20(4)11-13-21)18-26(31)29-25-9-7-6-8-24(25)27(32)28-19(2)3/h6-17,19H,5,18H2,1-4H3,(H,28,32)(H,29,31). The van der Waals surface area contributed by atoms with Crippen molar-refractivity contribution in [1.82, 2.24) is 5.32 Å². The lowest BCUT2D eigenvalue weighted by Crippen LogP contribution is -2.38. The zero-order valence-electron chi connectivity index (χ0n) is 20.8. The highest BCUT2D eigenvalue weighted by Gasteiger charge is 2.28. The number of ether oxygens (including phenoxy) is 1. The van der Waals surface area contributed by atoms with Gasteiger partial charge in [0.05, 0.1) is 28.4 Å². The summed E-state index contributed by atoms with van der Waals surface area (Å²) >= 11 is 0. The summed E-state index contributed by atoms with van der Waals surface area (Å²) in [6, 6.07) is 19.4. The van der Waals surface area contributed by atoms with E-state index in [9.17, 15) is 18.0 Å². The fraction of sp³-hybridized carbons (Fsp3) is 0.259. The van der Waals surface area contributed by atoms with Crippen LogP contribution in [0.3, 0.4) is 0 Å². The minimum atomic E-state index is -4.09. The van der Waals surface area contributed by atoms with Crippen molar-refractivity contribution in [3.05, 3.63) is 83.9 Å². The Hall–Kier alpha value is -3.85. The van der Waals surface area contributed by atoms with E-state index in [0.717, 1.165) is 9.87 Å². The summed E-state index contributed by atoms with van der Waals surface area (Å²) in [6.07, 6.45) is 0. The van der Waals surface area contributed by atoms with Gasteiger partial charge in [-0.2, -0.15) is 0 Å². The number of rotatable bonds is 10. The number of benzene rings is 3. The molecular weight excluding hydrogens is 478 g/mol. The number of carbonyl (C=O) groups is 2. The highest BCUT2D eigenvalue weighted by atomic mass is 32.2. The maximum atomic E-state index is 13.6. The SMILES string of the molecule is CCOc1ccc(S(=O)(=O)N(CC(=O)Nc2ccccc2C(=O)NC(C)C)c2ccc(C)cc2)cc1. The van der Waals surface area contributed by atoms with Gasteiger partial charge < -0.3 is 15.4 Å². The summed E-state index contributed by atoms with van der Waals surface area (Å²) in [5.74, 6) is -0.374. The Labute approximate surface area is 212 Å². The first-order valence-corrected chi connectivity index (χ1v) is 13.1. The van der Waals surface area contributed by atoms with Crippen molar-refractivity contribution in [2.75, 3.05) is 22.8 Å². The number of nitrogens with zero attached hydrogens (tertiary/aromatic N) is 1. The maximum Gasteiger partial charge on any atom is 0.264 e. The van der Waals surface area contributed by atoms with Crippen LogP contribution in [0.5, 0.6) is 5.75 Å². The number of aryl methyl sites for hydroxylation is 1. The lowest BCUT2D eigenvalue weighted by Gasteiger charge is -2.24. The van der Waals surface area contributed by atoms with E-state index in [4.69, 9.17) is 4.74 Å². The van der Waals surface area contributed by atoms with E-state index in [2.05, 4.69) is 10.6 Å². The minimum absolute atomic E-state index is 0.0241. The van der Waals surface area contributed by atoms with E-state index in [1.807, 2.05) is 27.7 Å². The Balaban J connectivity index is 1.91. The van der Waals surface area contributed by atoms with Crippen molar-refractivity contribution in [3.8, 4) is 5.75 Å². The minimum Gasteiger partial charge on any atom is -0.494 e. The van der Waals surface area contributed by atoms with Crippen LogP contribution in [0, 0.1) is 6.92 Å².